The highest BCUT2D eigenvalue weighted by Crippen LogP contribution is 2.32. The molecule has 0 spiro atoms. The summed E-state index contributed by atoms with van der Waals surface area (Å²) < 4.78 is 15.5. The summed E-state index contributed by atoms with van der Waals surface area (Å²) in [6, 6.07) is 17.6. The van der Waals surface area contributed by atoms with Crippen LogP contribution in [0.2, 0.25) is 5.02 Å². The fraction of sp³-hybridized carbons (Fsp3) is 0.0435. The molecule has 4 rings (SSSR count). The van der Waals surface area contributed by atoms with Crippen LogP contribution in [0.1, 0.15) is 16.7 Å². The van der Waals surface area contributed by atoms with Crippen molar-refractivity contribution in [2.24, 2.45) is 4.99 Å². The largest absolute Gasteiger partial charge is 0.487 e. The number of rotatable bonds is 5. The van der Waals surface area contributed by atoms with E-state index in [0.29, 0.717) is 17.2 Å². The number of esters is 1. The van der Waals surface area contributed by atoms with E-state index >= 15 is 0 Å². The van der Waals surface area contributed by atoms with Gasteiger partial charge < -0.3 is 9.47 Å². The molecule has 0 fully saturated rings. The van der Waals surface area contributed by atoms with Gasteiger partial charge in [0.15, 0.2) is 5.70 Å². The number of aliphatic imine (C=N–C) groups is 1. The fourth-order valence-corrected chi connectivity index (χ4v) is 6.35. The van der Waals surface area contributed by atoms with Crippen molar-refractivity contribution in [3.63, 3.8) is 0 Å². The number of ether oxygens (including phenoxy) is 2. The maximum absolute atomic E-state index is 12.4. The van der Waals surface area contributed by atoms with Crippen LogP contribution in [-0.4, -0.2) is 11.9 Å². The van der Waals surface area contributed by atoms with E-state index in [1.807, 2.05) is 42.5 Å². The van der Waals surface area contributed by atoms with E-state index in [1.165, 1.54) is 3.57 Å². The highest BCUT2D eigenvalue weighted by Gasteiger charge is 2.26. The summed E-state index contributed by atoms with van der Waals surface area (Å²) in [5, 5.41) is 0.483. The molecular weight excluding hydrogens is 881 g/mol. The molecule has 0 amide bonds. The molecule has 0 saturated carbocycles. The van der Waals surface area contributed by atoms with Gasteiger partial charge in [0.1, 0.15) is 12.4 Å². The van der Waals surface area contributed by atoms with Crippen LogP contribution in [0.3, 0.4) is 0 Å². The first-order valence-corrected chi connectivity index (χ1v) is 13.8. The monoisotopic (exact) mass is 893 g/mol. The van der Waals surface area contributed by atoms with Gasteiger partial charge in [0.05, 0.1) is 17.7 Å². The molecule has 0 radical (unpaired) electrons. The molecule has 32 heavy (non-hydrogen) atoms. The van der Waals surface area contributed by atoms with Crippen molar-refractivity contribution in [3.8, 4) is 5.75 Å². The van der Waals surface area contributed by atoms with Crippen LogP contribution in [0.25, 0.3) is 6.08 Å². The number of hydrogen-bond acceptors (Lipinski definition) is 4. The van der Waals surface area contributed by atoms with E-state index in [-0.39, 0.29) is 11.6 Å². The van der Waals surface area contributed by atoms with Crippen molar-refractivity contribution >= 4 is 120 Å². The van der Waals surface area contributed by atoms with E-state index < -0.39 is 5.97 Å². The van der Waals surface area contributed by atoms with Crippen molar-refractivity contribution in [1.29, 1.82) is 0 Å². The Morgan fingerprint density at radius 3 is 2.41 bits per heavy atom. The molecule has 4 nitrogen and oxygen atoms in total. The van der Waals surface area contributed by atoms with Crippen molar-refractivity contribution in [3.05, 3.63) is 96.3 Å². The SMILES string of the molecule is O=C1OC(c2cc(I)ccc2Cl)=N/C1=C\c1cc(I)c(OCc2cccc(I)c2)c(I)c1. The second-order valence-electron chi connectivity index (χ2n) is 6.69. The van der Waals surface area contributed by atoms with Gasteiger partial charge in [-0.25, -0.2) is 9.79 Å². The molecular formula is C23H12ClI4NO3. The van der Waals surface area contributed by atoms with Crippen molar-refractivity contribution in [1.82, 2.24) is 0 Å². The first-order chi connectivity index (χ1) is 15.3. The minimum absolute atomic E-state index is 0.214. The highest BCUT2D eigenvalue weighted by molar-refractivity contribution is 14.1. The van der Waals surface area contributed by atoms with E-state index in [4.69, 9.17) is 21.1 Å². The lowest BCUT2D eigenvalue weighted by molar-refractivity contribution is -0.129. The van der Waals surface area contributed by atoms with Crippen LogP contribution in [-0.2, 0) is 16.1 Å². The zero-order valence-corrected chi connectivity index (χ0v) is 25.4. The van der Waals surface area contributed by atoms with Crippen molar-refractivity contribution in [2.45, 2.75) is 6.61 Å². The van der Waals surface area contributed by atoms with Gasteiger partial charge in [-0.15, -0.1) is 0 Å². The second-order valence-corrected chi connectivity index (χ2v) is 11.9. The topological polar surface area (TPSA) is 47.9 Å². The summed E-state index contributed by atoms with van der Waals surface area (Å²) in [6.45, 7) is 0.486. The molecule has 0 unspecified atom stereocenters. The standard InChI is InChI=1S/C23H12ClI4NO3/c24-17-5-4-15(26)10-16(17)22-29-20(23(30)32-22)9-13-7-18(27)21(19(28)8-13)31-11-12-2-1-3-14(25)6-12/h1-10H,11H2/b20-9-. The van der Waals surface area contributed by atoms with Gasteiger partial charge in [-0.3, -0.25) is 0 Å². The lowest BCUT2D eigenvalue weighted by Gasteiger charge is -2.12. The number of hydrogen-bond donors (Lipinski definition) is 0. The lowest BCUT2D eigenvalue weighted by Crippen LogP contribution is -2.06. The fourth-order valence-electron chi connectivity index (χ4n) is 2.93. The van der Waals surface area contributed by atoms with E-state index in [0.717, 1.165) is 27.6 Å². The summed E-state index contributed by atoms with van der Waals surface area (Å²) in [5.74, 6) is 0.529. The molecule has 1 aliphatic rings. The predicted molar refractivity (Wildman–Crippen MR) is 160 cm³/mol. The maximum Gasteiger partial charge on any atom is 0.363 e. The minimum atomic E-state index is -0.501. The van der Waals surface area contributed by atoms with Crippen LogP contribution >= 0.6 is 102 Å². The summed E-state index contributed by atoms with van der Waals surface area (Å²) in [4.78, 5) is 16.8. The summed E-state index contributed by atoms with van der Waals surface area (Å²) >= 11 is 15.2. The normalized spacial score (nSPS) is 14.5. The van der Waals surface area contributed by atoms with Gasteiger partial charge in [-0.05, 0) is 150 Å². The van der Waals surface area contributed by atoms with Gasteiger partial charge in [0.25, 0.3) is 0 Å². The Morgan fingerprint density at radius 2 is 1.69 bits per heavy atom. The molecule has 1 aliphatic heterocycles. The second kappa shape index (κ2) is 10.9. The van der Waals surface area contributed by atoms with E-state index in [2.05, 4.69) is 101 Å². The molecule has 3 aromatic rings. The van der Waals surface area contributed by atoms with Gasteiger partial charge >= 0.3 is 5.97 Å². The Morgan fingerprint density at radius 1 is 0.969 bits per heavy atom. The number of benzene rings is 3. The first kappa shape index (κ1) is 24.7. The summed E-state index contributed by atoms with van der Waals surface area (Å²) in [5.41, 5.74) is 2.78. The Kier molecular flexibility index (Phi) is 8.38. The average Bonchev–Trinajstić information content (AvgIpc) is 3.09. The Labute approximate surface area is 244 Å². The van der Waals surface area contributed by atoms with Crippen LogP contribution in [0.5, 0.6) is 5.75 Å². The number of carbonyl (C=O) groups excluding carboxylic acids is 1. The zero-order valence-electron chi connectivity index (χ0n) is 16.0. The number of nitrogens with zero attached hydrogens (tertiary/aromatic N) is 1. The molecule has 0 saturated heterocycles. The van der Waals surface area contributed by atoms with Crippen molar-refractivity contribution in [2.75, 3.05) is 0 Å². The number of cyclic esters (lactones) is 1. The molecule has 3 aromatic carbocycles. The molecule has 0 aliphatic carbocycles. The van der Waals surface area contributed by atoms with Gasteiger partial charge in [0.2, 0.25) is 5.90 Å². The zero-order chi connectivity index (χ0) is 22.8. The maximum atomic E-state index is 12.4. The van der Waals surface area contributed by atoms with Crippen LogP contribution in [0.15, 0.2) is 65.3 Å². The molecule has 0 atom stereocenters. The first-order valence-electron chi connectivity index (χ1n) is 9.14. The van der Waals surface area contributed by atoms with E-state index in [1.54, 1.807) is 12.1 Å². The summed E-state index contributed by atoms with van der Waals surface area (Å²) in [7, 11) is 0. The summed E-state index contributed by atoms with van der Waals surface area (Å²) in [6.07, 6.45) is 1.71. The van der Waals surface area contributed by atoms with Crippen LogP contribution < -0.4 is 4.74 Å². The van der Waals surface area contributed by atoms with Crippen LogP contribution in [0.4, 0.5) is 0 Å². The third kappa shape index (κ3) is 5.96. The van der Waals surface area contributed by atoms with Gasteiger partial charge in [-0.2, -0.15) is 0 Å². The molecule has 162 valence electrons. The molecule has 0 N–H and O–H groups in total. The quantitative estimate of drug-likeness (QED) is 0.150. The smallest absolute Gasteiger partial charge is 0.363 e. The molecule has 9 heteroatoms. The number of halogens is 5. The van der Waals surface area contributed by atoms with Gasteiger partial charge in [-0.1, -0.05) is 23.7 Å². The Hall–Kier alpha value is -0.450. The Balaban J connectivity index is 1.58. The Bertz CT molecular complexity index is 1270. The minimum Gasteiger partial charge on any atom is -0.487 e. The third-order valence-electron chi connectivity index (χ3n) is 4.38. The predicted octanol–water partition coefficient (Wildman–Crippen LogP) is 7.68. The average molecular weight is 893 g/mol. The van der Waals surface area contributed by atoms with E-state index in [9.17, 15) is 4.79 Å². The van der Waals surface area contributed by atoms with Crippen molar-refractivity contribution < 1.29 is 14.3 Å². The van der Waals surface area contributed by atoms with Gasteiger partial charge in [0, 0.05) is 7.14 Å². The molecule has 0 bridgehead atoms. The number of carbonyl (C=O) groups is 1. The highest BCUT2D eigenvalue weighted by atomic mass is 127. The van der Waals surface area contributed by atoms with Crippen LogP contribution in [0, 0.1) is 14.3 Å². The third-order valence-corrected chi connectivity index (χ3v) is 7.65. The molecule has 1 heterocycles. The lowest BCUT2D eigenvalue weighted by atomic mass is 10.2. The molecule has 0 aromatic heterocycles.